The predicted octanol–water partition coefficient (Wildman–Crippen LogP) is 1.78. The maximum absolute atomic E-state index is 10.1. The molecule has 3 unspecified atom stereocenters. The van der Waals surface area contributed by atoms with Gasteiger partial charge in [0.15, 0.2) is 0 Å². The van der Waals surface area contributed by atoms with Gasteiger partial charge in [-0.1, -0.05) is 6.07 Å². The molecule has 0 aromatic heterocycles. The second-order valence-corrected chi connectivity index (χ2v) is 5.89. The number of fused-ring (bicyclic) bond motifs is 2. The van der Waals surface area contributed by atoms with E-state index in [4.69, 9.17) is 10.00 Å². The summed E-state index contributed by atoms with van der Waals surface area (Å²) in [7, 11) is 0. The number of β-amino-alcohol motifs (C(OH)–C–C–N with tert-alkyl or cyclic N) is 1. The number of ether oxygens (including phenoxy) is 1. The van der Waals surface area contributed by atoms with Crippen LogP contribution in [-0.2, 0) is 0 Å². The number of benzene rings is 1. The van der Waals surface area contributed by atoms with Crippen molar-refractivity contribution in [3.63, 3.8) is 0 Å². The molecule has 2 fully saturated rings. The van der Waals surface area contributed by atoms with Crippen LogP contribution in [0, 0.1) is 17.2 Å². The number of hydrogen-bond acceptors (Lipinski definition) is 4. The van der Waals surface area contributed by atoms with Crippen molar-refractivity contribution in [3.8, 4) is 11.8 Å². The van der Waals surface area contributed by atoms with E-state index in [1.807, 2.05) is 6.07 Å². The Morgan fingerprint density at radius 3 is 3.05 bits per heavy atom. The molecule has 2 bridgehead atoms. The zero-order valence-corrected chi connectivity index (χ0v) is 11.5. The molecular formula is C16H20N2O2. The Kier molecular flexibility index (Phi) is 3.90. The lowest BCUT2D eigenvalue weighted by molar-refractivity contribution is 0.0573. The number of aliphatic hydroxyl groups excluding tert-OH is 1. The van der Waals surface area contributed by atoms with E-state index in [0.29, 0.717) is 23.9 Å². The summed E-state index contributed by atoms with van der Waals surface area (Å²) in [6.07, 6.45) is 3.47. The smallest absolute Gasteiger partial charge is 0.120 e. The highest BCUT2D eigenvalue weighted by Crippen LogP contribution is 2.37. The summed E-state index contributed by atoms with van der Waals surface area (Å²) in [6, 6.07) is 9.80. The summed E-state index contributed by atoms with van der Waals surface area (Å²) in [5.74, 6) is 1.49. The molecule has 0 spiro atoms. The fourth-order valence-corrected chi connectivity index (χ4v) is 3.42. The van der Waals surface area contributed by atoms with Gasteiger partial charge in [-0.05, 0) is 43.4 Å². The summed E-state index contributed by atoms with van der Waals surface area (Å²) in [6.45, 7) is 2.10. The van der Waals surface area contributed by atoms with E-state index >= 15 is 0 Å². The topological polar surface area (TPSA) is 56.5 Å². The van der Waals surface area contributed by atoms with Crippen molar-refractivity contribution in [2.75, 3.05) is 19.7 Å². The van der Waals surface area contributed by atoms with Crippen LogP contribution in [0.1, 0.15) is 24.8 Å². The Balaban J connectivity index is 1.47. The van der Waals surface area contributed by atoms with Crippen LogP contribution >= 0.6 is 0 Å². The SMILES string of the molecule is N#Cc1cccc(OCC(O)CN2CC3CCC2C3)c1. The van der Waals surface area contributed by atoms with Crippen molar-refractivity contribution in [1.82, 2.24) is 4.90 Å². The van der Waals surface area contributed by atoms with Crippen LogP contribution in [0.4, 0.5) is 0 Å². The average molecular weight is 272 g/mol. The van der Waals surface area contributed by atoms with Gasteiger partial charge in [-0.3, -0.25) is 4.90 Å². The molecule has 4 heteroatoms. The third-order valence-electron chi connectivity index (χ3n) is 4.37. The minimum absolute atomic E-state index is 0.281. The Hall–Kier alpha value is -1.57. The van der Waals surface area contributed by atoms with Crippen LogP contribution in [0.15, 0.2) is 24.3 Å². The fraction of sp³-hybridized carbons (Fsp3) is 0.562. The molecule has 3 rings (SSSR count). The number of nitrogens with zero attached hydrogens (tertiary/aromatic N) is 2. The first-order valence-electron chi connectivity index (χ1n) is 7.29. The summed E-state index contributed by atoms with van der Waals surface area (Å²) < 4.78 is 5.57. The van der Waals surface area contributed by atoms with E-state index in [2.05, 4.69) is 11.0 Å². The van der Waals surface area contributed by atoms with Gasteiger partial charge in [-0.25, -0.2) is 0 Å². The highest BCUT2D eigenvalue weighted by molar-refractivity contribution is 5.36. The largest absolute Gasteiger partial charge is 0.491 e. The number of nitriles is 1. The summed E-state index contributed by atoms with van der Waals surface area (Å²) in [4.78, 5) is 2.40. The predicted molar refractivity (Wildman–Crippen MR) is 75.4 cm³/mol. The molecule has 2 aliphatic rings. The fourth-order valence-electron chi connectivity index (χ4n) is 3.42. The van der Waals surface area contributed by atoms with Gasteiger partial charge in [0, 0.05) is 19.1 Å². The van der Waals surface area contributed by atoms with Crippen LogP contribution in [0.2, 0.25) is 0 Å². The van der Waals surface area contributed by atoms with Crippen molar-refractivity contribution < 1.29 is 9.84 Å². The molecule has 1 saturated carbocycles. The van der Waals surface area contributed by atoms with E-state index in [-0.39, 0.29) is 6.61 Å². The molecule has 1 saturated heterocycles. The lowest BCUT2D eigenvalue weighted by Crippen LogP contribution is -2.40. The third kappa shape index (κ3) is 2.95. The van der Waals surface area contributed by atoms with Crippen LogP contribution in [0.3, 0.4) is 0 Å². The van der Waals surface area contributed by atoms with Crippen molar-refractivity contribution in [2.45, 2.75) is 31.4 Å². The molecule has 1 heterocycles. The first-order chi connectivity index (χ1) is 9.74. The van der Waals surface area contributed by atoms with E-state index < -0.39 is 6.10 Å². The lowest BCUT2D eigenvalue weighted by Gasteiger charge is -2.28. The van der Waals surface area contributed by atoms with Gasteiger partial charge in [0.1, 0.15) is 18.5 Å². The average Bonchev–Trinajstić information content (AvgIpc) is 3.08. The third-order valence-corrected chi connectivity index (χ3v) is 4.37. The molecule has 4 nitrogen and oxygen atoms in total. The number of hydrogen-bond donors (Lipinski definition) is 1. The minimum Gasteiger partial charge on any atom is -0.491 e. The van der Waals surface area contributed by atoms with E-state index in [1.54, 1.807) is 18.2 Å². The van der Waals surface area contributed by atoms with Crippen LogP contribution in [-0.4, -0.2) is 41.8 Å². The molecule has 0 radical (unpaired) electrons. The molecule has 1 aromatic carbocycles. The van der Waals surface area contributed by atoms with Crippen molar-refractivity contribution in [3.05, 3.63) is 29.8 Å². The van der Waals surface area contributed by atoms with Gasteiger partial charge in [0.05, 0.1) is 11.6 Å². The van der Waals surface area contributed by atoms with E-state index in [1.165, 1.54) is 19.3 Å². The number of aliphatic hydroxyl groups is 1. The summed E-state index contributed by atoms with van der Waals surface area (Å²) in [5.41, 5.74) is 0.578. The maximum Gasteiger partial charge on any atom is 0.120 e. The van der Waals surface area contributed by atoms with Crippen LogP contribution < -0.4 is 4.74 Å². The Bertz CT molecular complexity index is 511. The van der Waals surface area contributed by atoms with Crippen molar-refractivity contribution in [2.24, 2.45) is 5.92 Å². The Labute approximate surface area is 119 Å². The highest BCUT2D eigenvalue weighted by atomic mass is 16.5. The summed E-state index contributed by atoms with van der Waals surface area (Å²) in [5, 5.41) is 18.9. The van der Waals surface area contributed by atoms with Crippen molar-refractivity contribution >= 4 is 0 Å². The standard InChI is InChI=1S/C16H20N2O2/c17-8-12-2-1-3-16(7-12)20-11-15(19)10-18-9-13-4-5-14(18)6-13/h1-3,7,13-15,19H,4-6,9-11H2. The van der Waals surface area contributed by atoms with Crippen LogP contribution in [0.25, 0.3) is 0 Å². The van der Waals surface area contributed by atoms with E-state index in [9.17, 15) is 5.11 Å². The number of rotatable bonds is 5. The van der Waals surface area contributed by atoms with E-state index in [0.717, 1.165) is 12.5 Å². The monoisotopic (exact) mass is 272 g/mol. The minimum atomic E-state index is -0.472. The number of piperidine rings is 1. The molecule has 1 N–H and O–H groups in total. The molecule has 106 valence electrons. The number of likely N-dealkylation sites (tertiary alicyclic amines) is 1. The first-order valence-corrected chi connectivity index (χ1v) is 7.29. The van der Waals surface area contributed by atoms with Crippen molar-refractivity contribution in [1.29, 1.82) is 5.26 Å². The highest BCUT2D eigenvalue weighted by Gasteiger charge is 2.38. The maximum atomic E-state index is 10.1. The Morgan fingerprint density at radius 2 is 2.35 bits per heavy atom. The second-order valence-electron chi connectivity index (χ2n) is 5.89. The second kappa shape index (κ2) is 5.82. The van der Waals surface area contributed by atoms with Gasteiger partial charge in [0.25, 0.3) is 0 Å². The lowest BCUT2D eigenvalue weighted by atomic mass is 10.1. The molecule has 0 amide bonds. The Morgan fingerprint density at radius 1 is 1.45 bits per heavy atom. The summed E-state index contributed by atoms with van der Waals surface area (Å²) >= 11 is 0. The zero-order chi connectivity index (χ0) is 13.9. The van der Waals surface area contributed by atoms with Crippen LogP contribution in [0.5, 0.6) is 5.75 Å². The molecule has 1 aromatic rings. The molecule has 1 aliphatic carbocycles. The molecular weight excluding hydrogens is 252 g/mol. The zero-order valence-electron chi connectivity index (χ0n) is 11.5. The van der Waals surface area contributed by atoms with Gasteiger partial charge in [-0.15, -0.1) is 0 Å². The van der Waals surface area contributed by atoms with Gasteiger partial charge >= 0.3 is 0 Å². The van der Waals surface area contributed by atoms with Gasteiger partial charge in [-0.2, -0.15) is 5.26 Å². The molecule has 1 aliphatic heterocycles. The van der Waals surface area contributed by atoms with Gasteiger partial charge < -0.3 is 9.84 Å². The first kappa shape index (κ1) is 13.4. The molecule has 3 atom stereocenters. The van der Waals surface area contributed by atoms with Gasteiger partial charge in [0.2, 0.25) is 0 Å². The normalized spacial score (nSPS) is 26.4. The molecule has 20 heavy (non-hydrogen) atoms. The quantitative estimate of drug-likeness (QED) is 0.887.